The van der Waals surface area contributed by atoms with Gasteiger partial charge in [0.2, 0.25) is 0 Å². The minimum Gasteiger partial charge on any atom is -0.399 e. The Labute approximate surface area is 129 Å². The number of hydrogen-bond acceptors (Lipinski definition) is 4. The molecule has 0 saturated carbocycles. The van der Waals surface area contributed by atoms with Crippen LogP contribution in [0.2, 0.25) is 0 Å². The van der Waals surface area contributed by atoms with Gasteiger partial charge >= 0.3 is 7.12 Å². The van der Waals surface area contributed by atoms with Gasteiger partial charge in [0.15, 0.2) is 10.9 Å². The quantitative estimate of drug-likeness (QED) is 0.600. The lowest BCUT2D eigenvalue weighted by Crippen LogP contribution is -2.41. The first-order chi connectivity index (χ1) is 9.48. The highest BCUT2D eigenvalue weighted by molar-refractivity contribution is 7.69. The Kier molecular flexibility index (Phi) is 5.60. The van der Waals surface area contributed by atoms with E-state index in [2.05, 4.69) is 64.9 Å². The summed E-state index contributed by atoms with van der Waals surface area (Å²) >= 11 is 0. The Morgan fingerprint density at radius 2 is 1.33 bits per heavy atom. The molecule has 1 saturated heterocycles. The minimum absolute atomic E-state index is 0.249. The van der Waals surface area contributed by atoms with Crippen molar-refractivity contribution in [3.8, 4) is 0 Å². The molecule has 0 bridgehead atoms. The highest BCUT2D eigenvalue weighted by Crippen LogP contribution is 2.36. The Hall–Kier alpha value is -0.885. The van der Waals surface area contributed by atoms with Gasteiger partial charge in [0.1, 0.15) is 0 Å². The molecule has 0 unspecified atom stereocenters. The van der Waals surface area contributed by atoms with E-state index in [-0.39, 0.29) is 18.3 Å². The van der Waals surface area contributed by atoms with Gasteiger partial charge in [-0.05, 0) is 47.0 Å². The normalized spacial score (nSPS) is 19.3. The average molecular weight is 313 g/mol. The predicted octanol–water partition coefficient (Wildman–Crippen LogP) is 1.07. The van der Waals surface area contributed by atoms with Gasteiger partial charge in [0, 0.05) is 0 Å². The largest absolute Gasteiger partial charge is 0.495 e. The number of hydrogen-bond donors (Lipinski definition) is 2. The Bertz CT molecular complexity index is 540. The Morgan fingerprint density at radius 1 is 1.00 bits per heavy atom. The van der Waals surface area contributed by atoms with Crippen LogP contribution in [0.5, 0.6) is 0 Å². The van der Waals surface area contributed by atoms with Crippen molar-refractivity contribution >= 4 is 23.5 Å². The van der Waals surface area contributed by atoms with Crippen LogP contribution in [-0.2, 0) is 20.2 Å². The molecule has 1 aromatic rings. The van der Waals surface area contributed by atoms with Gasteiger partial charge in [-0.3, -0.25) is 0 Å². The number of benzene rings is 1. The summed E-state index contributed by atoms with van der Waals surface area (Å²) < 4.78 is 29.8. The van der Waals surface area contributed by atoms with Gasteiger partial charge in [0.05, 0.1) is 11.2 Å². The lowest BCUT2D eigenvalue weighted by atomic mass is 9.73. The van der Waals surface area contributed by atoms with Crippen molar-refractivity contribution in [2.45, 2.75) is 52.7 Å². The van der Waals surface area contributed by atoms with Crippen molar-refractivity contribution in [2.75, 3.05) is 0 Å². The van der Waals surface area contributed by atoms with Crippen LogP contribution in [0.15, 0.2) is 18.2 Å². The summed E-state index contributed by atoms with van der Waals surface area (Å²) in [5.74, 6) is 0. The average Bonchev–Trinajstić information content (AvgIpc) is 2.46. The summed E-state index contributed by atoms with van der Waals surface area (Å²) in [6.45, 7) is 12.5. The molecule has 2 N–H and O–H groups in total. The Morgan fingerprint density at radius 3 is 1.67 bits per heavy atom. The second-order valence-corrected chi connectivity index (χ2v) is 6.75. The summed E-state index contributed by atoms with van der Waals surface area (Å²) in [6.07, 6.45) is 0. The fourth-order valence-electron chi connectivity index (χ4n) is 2.16. The molecule has 1 fully saturated rings. The maximum atomic E-state index is 8.81. The molecule has 0 aromatic heterocycles. The second-order valence-electron chi connectivity index (χ2n) is 6.18. The van der Waals surface area contributed by atoms with E-state index in [1.165, 1.54) is 16.6 Å². The van der Waals surface area contributed by atoms with Crippen molar-refractivity contribution in [3.05, 3.63) is 29.3 Å². The van der Waals surface area contributed by atoms with Gasteiger partial charge in [-0.25, -0.2) is 13.6 Å². The molecule has 7 heteroatoms. The zero-order valence-electron chi connectivity index (χ0n) is 13.5. The van der Waals surface area contributed by atoms with Crippen molar-refractivity contribution in [2.24, 2.45) is 5.14 Å². The highest BCUT2D eigenvalue weighted by atomic mass is 32.2. The molecule has 1 aliphatic heterocycles. The molecule has 21 heavy (non-hydrogen) atoms. The van der Waals surface area contributed by atoms with Gasteiger partial charge in [-0.2, -0.15) is 0 Å². The third-order valence-electron chi connectivity index (χ3n) is 4.03. The van der Waals surface area contributed by atoms with E-state index >= 15 is 0 Å². The maximum absolute atomic E-state index is 8.81. The molecule has 0 radical (unpaired) electrons. The standard InChI is InChI=1S/C14H21BO2.H3NO2S/c1-10-8-7-9-11(2)12(10)15-16-13(3,4)14(5,6)17-15;1-4(2)3/h7-9H,1-6H3;4H,(H2,1,2,3). The van der Waals surface area contributed by atoms with E-state index in [0.29, 0.717) is 0 Å². The SMILES string of the molecule is Cc1cccc(C)c1B1OC(C)(C)C(C)(C)O1.N[SH](=O)=O. The van der Waals surface area contributed by atoms with Crippen LogP contribution in [0.3, 0.4) is 0 Å². The van der Waals surface area contributed by atoms with Crippen molar-refractivity contribution < 1.29 is 17.7 Å². The van der Waals surface area contributed by atoms with Crippen LogP contribution < -0.4 is 10.6 Å². The van der Waals surface area contributed by atoms with Gasteiger partial charge < -0.3 is 9.31 Å². The van der Waals surface area contributed by atoms with Crippen LogP contribution in [0.25, 0.3) is 0 Å². The molecule has 2 rings (SSSR count). The number of nitrogens with two attached hydrogens (primary N) is 1. The lowest BCUT2D eigenvalue weighted by molar-refractivity contribution is 0.00578. The summed E-state index contributed by atoms with van der Waals surface area (Å²) in [7, 11) is -2.87. The molecule has 1 aromatic carbocycles. The zero-order chi connectivity index (χ0) is 16.4. The summed E-state index contributed by atoms with van der Waals surface area (Å²) in [5.41, 5.74) is 3.08. The summed E-state index contributed by atoms with van der Waals surface area (Å²) in [6, 6.07) is 6.28. The monoisotopic (exact) mass is 313 g/mol. The number of aryl methyl sites for hydroxylation is 2. The molecule has 0 amide bonds. The van der Waals surface area contributed by atoms with Gasteiger partial charge in [-0.15, -0.1) is 0 Å². The smallest absolute Gasteiger partial charge is 0.399 e. The number of rotatable bonds is 1. The minimum atomic E-state index is -2.62. The topological polar surface area (TPSA) is 78.6 Å². The first-order valence-corrected chi connectivity index (χ1v) is 8.03. The van der Waals surface area contributed by atoms with Crippen molar-refractivity contribution in [3.63, 3.8) is 0 Å². The van der Waals surface area contributed by atoms with E-state index in [1.807, 2.05) is 0 Å². The van der Waals surface area contributed by atoms with Crippen molar-refractivity contribution in [1.29, 1.82) is 0 Å². The van der Waals surface area contributed by atoms with Crippen molar-refractivity contribution in [1.82, 2.24) is 0 Å². The van der Waals surface area contributed by atoms with Crippen LogP contribution >= 0.6 is 0 Å². The third kappa shape index (κ3) is 4.29. The number of thiol groups is 1. The zero-order valence-corrected chi connectivity index (χ0v) is 14.4. The first kappa shape index (κ1) is 18.2. The van der Waals surface area contributed by atoms with Crippen LogP contribution in [0.4, 0.5) is 0 Å². The van der Waals surface area contributed by atoms with Gasteiger partial charge in [0.25, 0.3) is 0 Å². The van der Waals surface area contributed by atoms with E-state index in [9.17, 15) is 0 Å². The highest BCUT2D eigenvalue weighted by Gasteiger charge is 2.52. The lowest BCUT2D eigenvalue weighted by Gasteiger charge is -2.32. The molecule has 118 valence electrons. The van der Waals surface area contributed by atoms with Crippen LogP contribution in [0.1, 0.15) is 38.8 Å². The van der Waals surface area contributed by atoms with E-state index < -0.39 is 10.9 Å². The molecule has 5 nitrogen and oxygen atoms in total. The molecule has 1 aliphatic rings. The summed E-state index contributed by atoms with van der Waals surface area (Å²) in [4.78, 5) is 0. The third-order valence-corrected chi connectivity index (χ3v) is 4.03. The summed E-state index contributed by atoms with van der Waals surface area (Å²) in [5, 5.41) is 4.06. The van der Waals surface area contributed by atoms with Crippen LogP contribution in [0, 0.1) is 13.8 Å². The van der Waals surface area contributed by atoms with E-state index in [0.717, 1.165) is 0 Å². The molecule has 1 heterocycles. The predicted molar refractivity (Wildman–Crippen MR) is 86.1 cm³/mol. The fourth-order valence-corrected chi connectivity index (χ4v) is 2.16. The van der Waals surface area contributed by atoms with Crippen LogP contribution in [-0.4, -0.2) is 26.7 Å². The van der Waals surface area contributed by atoms with E-state index in [4.69, 9.17) is 17.7 Å². The maximum Gasteiger partial charge on any atom is 0.495 e. The molecule has 0 aliphatic carbocycles. The first-order valence-electron chi connectivity index (χ1n) is 6.79. The fraction of sp³-hybridized carbons (Fsp3) is 0.571. The molecular formula is C14H24BNO4S. The molecular weight excluding hydrogens is 289 g/mol. The molecule has 0 atom stereocenters. The second kappa shape index (κ2) is 6.48. The van der Waals surface area contributed by atoms with Gasteiger partial charge in [-0.1, -0.05) is 29.3 Å². The molecule has 0 spiro atoms. The van der Waals surface area contributed by atoms with E-state index in [1.54, 1.807) is 0 Å². The Balaban J connectivity index is 0.000000491.